The molecule has 2 N–H and O–H groups in total. The largest absolute Gasteiger partial charge is 0.343 e. The zero-order valence-corrected chi connectivity index (χ0v) is 28.0. The van der Waals surface area contributed by atoms with Crippen molar-refractivity contribution in [1.29, 1.82) is 0 Å². The summed E-state index contributed by atoms with van der Waals surface area (Å²) < 4.78 is 46.0. The van der Waals surface area contributed by atoms with Gasteiger partial charge in [0.05, 0.1) is 24.7 Å². The normalized spacial score (nSPS) is 13.1. The SMILES string of the molecule is CONC(=O)Nc1ccc(-c2sc3c(c2CN(C)CCN2CCCC2=O)c(=O)n(-c2ccc(F)cc2)c(=O)n3Cc2c(F)cccc2F)cc1. The summed E-state index contributed by atoms with van der Waals surface area (Å²) in [6.07, 6.45) is 1.30. The van der Waals surface area contributed by atoms with Crippen LogP contribution in [0.1, 0.15) is 24.0 Å². The predicted molar refractivity (Wildman–Crippen MR) is 184 cm³/mol. The van der Waals surface area contributed by atoms with Crippen molar-refractivity contribution in [2.24, 2.45) is 0 Å². The van der Waals surface area contributed by atoms with Gasteiger partial charge in [-0.3, -0.25) is 19.0 Å². The first kappa shape index (κ1) is 34.6. The Morgan fingerprint density at radius 3 is 2.30 bits per heavy atom. The molecule has 0 atom stereocenters. The maximum atomic E-state index is 15.0. The Kier molecular flexibility index (Phi) is 10.2. The van der Waals surface area contributed by atoms with Crippen LogP contribution >= 0.6 is 11.3 Å². The Balaban J connectivity index is 1.55. The van der Waals surface area contributed by atoms with E-state index in [1.807, 2.05) is 11.9 Å². The number of nitrogens with zero attached hydrogens (tertiary/aromatic N) is 4. The molecule has 3 aromatic carbocycles. The number of thiophene rings is 1. The van der Waals surface area contributed by atoms with Gasteiger partial charge in [0.15, 0.2) is 0 Å². The number of benzene rings is 3. The number of hydrogen-bond donors (Lipinski definition) is 2. The van der Waals surface area contributed by atoms with Crippen LogP contribution in [0, 0.1) is 17.5 Å². The molecule has 2 aromatic heterocycles. The van der Waals surface area contributed by atoms with Crippen molar-refractivity contribution in [1.82, 2.24) is 24.4 Å². The summed E-state index contributed by atoms with van der Waals surface area (Å²) in [6, 6.07) is 14.4. The van der Waals surface area contributed by atoms with E-state index in [-0.39, 0.29) is 33.9 Å². The first-order chi connectivity index (χ1) is 24.0. The maximum absolute atomic E-state index is 15.0. The summed E-state index contributed by atoms with van der Waals surface area (Å²) in [6.45, 7) is 1.31. The Morgan fingerprint density at radius 1 is 0.960 bits per heavy atom. The highest BCUT2D eigenvalue weighted by Gasteiger charge is 2.26. The molecule has 0 radical (unpaired) electrons. The molecule has 5 aromatic rings. The number of amides is 3. The van der Waals surface area contributed by atoms with Gasteiger partial charge in [0.25, 0.3) is 5.56 Å². The zero-order valence-electron chi connectivity index (χ0n) is 27.2. The smallest absolute Gasteiger partial charge is 0.341 e. The van der Waals surface area contributed by atoms with E-state index in [1.165, 1.54) is 25.3 Å². The number of likely N-dealkylation sites (N-methyl/N-ethyl adjacent to an activating group) is 1. The molecule has 1 aliphatic rings. The third kappa shape index (κ3) is 7.06. The van der Waals surface area contributed by atoms with Crippen LogP contribution in [0.15, 0.2) is 76.3 Å². The average Bonchev–Trinajstić information content (AvgIpc) is 3.67. The molecule has 260 valence electrons. The first-order valence-corrected chi connectivity index (χ1v) is 16.5. The van der Waals surface area contributed by atoms with Crippen LogP contribution in [-0.2, 0) is 22.7 Å². The average molecular weight is 707 g/mol. The molecule has 15 heteroatoms. The lowest BCUT2D eigenvalue weighted by molar-refractivity contribution is -0.127. The zero-order chi connectivity index (χ0) is 35.5. The molecule has 3 heterocycles. The van der Waals surface area contributed by atoms with Crippen LogP contribution in [0.5, 0.6) is 0 Å². The van der Waals surface area contributed by atoms with Gasteiger partial charge in [-0.05, 0) is 73.1 Å². The van der Waals surface area contributed by atoms with Gasteiger partial charge < -0.3 is 15.1 Å². The van der Waals surface area contributed by atoms with E-state index in [2.05, 4.69) is 15.6 Å². The molecule has 0 aliphatic carbocycles. The number of hydrogen-bond acceptors (Lipinski definition) is 7. The summed E-state index contributed by atoms with van der Waals surface area (Å²) in [7, 11) is 3.15. The fraction of sp³-hybridized carbons (Fsp3) is 0.257. The highest BCUT2D eigenvalue weighted by Crippen LogP contribution is 2.38. The molecule has 50 heavy (non-hydrogen) atoms. The molecule has 0 bridgehead atoms. The Labute approximate surface area is 288 Å². The van der Waals surface area contributed by atoms with E-state index < -0.39 is 41.3 Å². The molecular formula is C35H33F3N6O5S. The van der Waals surface area contributed by atoms with Gasteiger partial charge in [-0.1, -0.05) is 18.2 Å². The van der Waals surface area contributed by atoms with E-state index in [4.69, 9.17) is 0 Å². The summed E-state index contributed by atoms with van der Waals surface area (Å²) in [5, 5.41) is 2.78. The minimum Gasteiger partial charge on any atom is -0.341 e. The second-order valence-electron chi connectivity index (χ2n) is 11.8. The molecule has 1 fully saturated rings. The highest BCUT2D eigenvalue weighted by atomic mass is 32.1. The number of carbonyl (C=O) groups is 2. The molecule has 3 amide bonds. The number of hydroxylamine groups is 1. The first-order valence-electron chi connectivity index (χ1n) is 15.7. The van der Waals surface area contributed by atoms with Crippen molar-refractivity contribution in [2.45, 2.75) is 25.9 Å². The Morgan fingerprint density at radius 2 is 1.66 bits per heavy atom. The molecule has 1 saturated heterocycles. The number of rotatable bonds is 11. The van der Waals surface area contributed by atoms with Gasteiger partial charge in [-0.15, -0.1) is 11.3 Å². The summed E-state index contributed by atoms with van der Waals surface area (Å²) >= 11 is 1.12. The molecule has 0 unspecified atom stereocenters. The molecule has 1 aliphatic heterocycles. The van der Waals surface area contributed by atoms with E-state index in [9.17, 15) is 23.6 Å². The quantitative estimate of drug-likeness (QED) is 0.185. The van der Waals surface area contributed by atoms with Gasteiger partial charge in [0.1, 0.15) is 22.3 Å². The number of urea groups is 1. The number of anilines is 1. The lowest BCUT2D eigenvalue weighted by atomic mass is 10.1. The molecule has 0 saturated carbocycles. The van der Waals surface area contributed by atoms with Crippen LogP contribution < -0.4 is 22.0 Å². The van der Waals surface area contributed by atoms with E-state index in [0.717, 1.165) is 51.2 Å². The lowest BCUT2D eigenvalue weighted by Crippen LogP contribution is -2.39. The third-order valence-corrected chi connectivity index (χ3v) is 9.79. The molecule has 0 spiro atoms. The van der Waals surface area contributed by atoms with Crippen molar-refractivity contribution in [3.05, 3.63) is 116 Å². The summed E-state index contributed by atoms with van der Waals surface area (Å²) in [5.74, 6) is -2.22. The van der Waals surface area contributed by atoms with Crippen LogP contribution in [-0.4, -0.2) is 64.7 Å². The second kappa shape index (κ2) is 14.7. The lowest BCUT2D eigenvalue weighted by Gasteiger charge is -2.22. The predicted octanol–water partition coefficient (Wildman–Crippen LogP) is 5.08. The number of halogens is 3. The van der Waals surface area contributed by atoms with Crippen LogP contribution in [0.25, 0.3) is 26.3 Å². The van der Waals surface area contributed by atoms with Gasteiger partial charge in [-0.2, -0.15) is 0 Å². The Hall–Kier alpha value is -5.25. The molecule has 6 rings (SSSR count). The number of aromatic nitrogens is 2. The van der Waals surface area contributed by atoms with Gasteiger partial charge >= 0.3 is 11.7 Å². The van der Waals surface area contributed by atoms with Crippen molar-refractivity contribution in [3.8, 4) is 16.1 Å². The second-order valence-corrected chi connectivity index (χ2v) is 12.8. The standard InChI is InChI=1S/C35H33F3N6O5S/c1-41(17-18-42-16-4-7-29(42)45)19-26-30-32(46)44(24-14-10-22(36)11-15-24)35(48)43(20-25-27(37)5-3-6-28(25)38)33(30)50-31(26)21-8-12-23(13-9-21)39-34(47)40-49-2/h3,5-6,8-15H,4,7,16-20H2,1-2H3,(H2,39,40,47). The number of likely N-dealkylation sites (tertiary alicyclic amines) is 1. The minimum absolute atomic E-state index is 0.0791. The van der Waals surface area contributed by atoms with Crippen LogP contribution in [0.4, 0.5) is 23.7 Å². The maximum Gasteiger partial charge on any atom is 0.343 e. The minimum atomic E-state index is -0.863. The number of fused-ring (bicyclic) bond motifs is 1. The van der Waals surface area contributed by atoms with Crippen LogP contribution in [0.3, 0.4) is 0 Å². The fourth-order valence-corrected chi connectivity index (χ4v) is 7.29. The number of nitrogens with one attached hydrogen (secondary N) is 2. The van der Waals surface area contributed by atoms with Gasteiger partial charge in [-0.25, -0.2) is 32.8 Å². The van der Waals surface area contributed by atoms with Gasteiger partial charge in [0, 0.05) is 48.7 Å². The monoisotopic (exact) mass is 706 g/mol. The third-order valence-electron chi connectivity index (χ3n) is 8.49. The fourth-order valence-electron chi connectivity index (χ4n) is 5.99. The van der Waals surface area contributed by atoms with Crippen molar-refractivity contribution in [2.75, 3.05) is 39.1 Å². The number of carbonyl (C=O) groups excluding carboxylic acids is 2. The van der Waals surface area contributed by atoms with E-state index in [1.54, 1.807) is 29.2 Å². The van der Waals surface area contributed by atoms with E-state index >= 15 is 8.78 Å². The molecular weight excluding hydrogens is 673 g/mol. The highest BCUT2D eigenvalue weighted by molar-refractivity contribution is 7.22. The summed E-state index contributed by atoms with van der Waals surface area (Å²) in [4.78, 5) is 62.0. The molecule has 11 nitrogen and oxygen atoms in total. The van der Waals surface area contributed by atoms with Crippen LogP contribution in [0.2, 0.25) is 0 Å². The van der Waals surface area contributed by atoms with Gasteiger partial charge in [0.2, 0.25) is 5.91 Å². The van der Waals surface area contributed by atoms with E-state index in [0.29, 0.717) is 47.7 Å². The van der Waals surface area contributed by atoms with Crippen molar-refractivity contribution >= 4 is 39.2 Å². The topological polar surface area (TPSA) is 118 Å². The van der Waals surface area contributed by atoms with Crippen molar-refractivity contribution < 1.29 is 27.6 Å². The summed E-state index contributed by atoms with van der Waals surface area (Å²) in [5.41, 5.74) is 1.97. The Bertz CT molecular complexity index is 2160. The van der Waals surface area contributed by atoms with Crippen molar-refractivity contribution in [3.63, 3.8) is 0 Å².